The predicted octanol–water partition coefficient (Wildman–Crippen LogP) is 2.62. The van der Waals surface area contributed by atoms with Crippen molar-refractivity contribution in [1.29, 1.82) is 10.8 Å². The predicted molar refractivity (Wildman–Crippen MR) is 107 cm³/mol. The molecule has 134 valence electrons. The average Bonchev–Trinajstić information content (AvgIpc) is 2.62. The van der Waals surface area contributed by atoms with Crippen LogP contribution < -0.4 is 11.5 Å². The molecule has 0 amide bonds. The summed E-state index contributed by atoms with van der Waals surface area (Å²) in [7, 11) is 0. The number of hydrogen-bond acceptors (Lipinski definition) is 5. The molecule has 0 aliphatic carbocycles. The fraction of sp³-hybridized carbons (Fsp3) is 0. The lowest BCUT2D eigenvalue weighted by Gasteiger charge is -2.06. The van der Waals surface area contributed by atoms with E-state index in [1.54, 1.807) is 42.9 Å². The fourth-order valence-corrected chi connectivity index (χ4v) is 2.17. The Morgan fingerprint density at radius 1 is 0.731 bits per heavy atom. The Kier molecular flexibility index (Phi) is 7.18. The van der Waals surface area contributed by atoms with Crippen molar-refractivity contribution in [3.05, 3.63) is 66.2 Å². The molecule has 9 heteroatoms. The van der Waals surface area contributed by atoms with Crippen molar-refractivity contribution >= 4 is 36.5 Å². The van der Waals surface area contributed by atoms with Crippen molar-refractivity contribution in [2.24, 2.45) is 11.5 Å². The zero-order chi connectivity index (χ0) is 17.1. The second-order valence-electron chi connectivity index (χ2n) is 5.13. The van der Waals surface area contributed by atoms with Crippen LogP contribution in [0.1, 0.15) is 11.3 Å². The second kappa shape index (κ2) is 8.89. The number of rotatable bonds is 4. The highest BCUT2D eigenvalue weighted by Crippen LogP contribution is 2.21. The number of pyridine rings is 1. The number of halogens is 2. The highest BCUT2D eigenvalue weighted by molar-refractivity contribution is 5.95. The van der Waals surface area contributed by atoms with Gasteiger partial charge < -0.3 is 11.5 Å². The molecule has 0 saturated carbocycles. The fourth-order valence-electron chi connectivity index (χ4n) is 2.17. The van der Waals surface area contributed by atoms with E-state index in [-0.39, 0.29) is 36.5 Å². The maximum absolute atomic E-state index is 7.42. The lowest BCUT2D eigenvalue weighted by molar-refractivity contribution is 1.19. The maximum atomic E-state index is 7.42. The first kappa shape index (κ1) is 21.0. The first-order valence-electron chi connectivity index (χ1n) is 7.12. The Bertz CT molecular complexity index is 836. The topological polar surface area (TPSA) is 138 Å². The smallest absolute Gasteiger partial charge is 0.141 e. The number of aromatic nitrogens is 3. The average molecular weight is 390 g/mol. The molecule has 0 saturated heterocycles. The standard InChI is InChI=1S/C17H15N7.2ClH/c18-16(19)11-3-1-10(2-4-11)14-8-22-9-15(24-14)12-5-6-13(17(20)21)23-7-12;;/h1-9H,(H3,18,19)(H3,20,21);2*1H. The van der Waals surface area contributed by atoms with Gasteiger partial charge in [-0.2, -0.15) is 0 Å². The summed E-state index contributed by atoms with van der Waals surface area (Å²) in [5.41, 5.74) is 15.0. The molecule has 6 N–H and O–H groups in total. The van der Waals surface area contributed by atoms with Gasteiger partial charge in [0.25, 0.3) is 0 Å². The first-order valence-corrected chi connectivity index (χ1v) is 7.12. The van der Waals surface area contributed by atoms with Crippen LogP contribution >= 0.6 is 24.8 Å². The van der Waals surface area contributed by atoms with E-state index in [0.717, 1.165) is 11.1 Å². The molecule has 2 aromatic heterocycles. The first-order chi connectivity index (χ1) is 11.5. The summed E-state index contributed by atoms with van der Waals surface area (Å²) < 4.78 is 0. The summed E-state index contributed by atoms with van der Waals surface area (Å²) >= 11 is 0. The van der Waals surface area contributed by atoms with Gasteiger partial charge in [0.05, 0.1) is 23.8 Å². The van der Waals surface area contributed by atoms with Gasteiger partial charge in [-0.1, -0.05) is 24.3 Å². The monoisotopic (exact) mass is 389 g/mol. The van der Waals surface area contributed by atoms with E-state index in [1.165, 1.54) is 0 Å². The lowest BCUT2D eigenvalue weighted by atomic mass is 10.1. The van der Waals surface area contributed by atoms with Gasteiger partial charge >= 0.3 is 0 Å². The zero-order valence-corrected chi connectivity index (χ0v) is 15.1. The third kappa shape index (κ3) is 4.53. The van der Waals surface area contributed by atoms with Crippen LogP contribution in [-0.4, -0.2) is 26.6 Å². The highest BCUT2D eigenvalue weighted by atomic mass is 35.5. The Balaban J connectivity index is 0.00000169. The molecule has 0 fully saturated rings. The van der Waals surface area contributed by atoms with Gasteiger partial charge in [-0.05, 0) is 12.1 Å². The van der Waals surface area contributed by atoms with Gasteiger partial charge in [-0.15, -0.1) is 24.8 Å². The molecule has 0 aliphatic rings. The van der Waals surface area contributed by atoms with E-state index in [9.17, 15) is 0 Å². The Morgan fingerprint density at radius 2 is 1.31 bits per heavy atom. The van der Waals surface area contributed by atoms with Crippen LogP contribution in [0.4, 0.5) is 0 Å². The van der Waals surface area contributed by atoms with Crippen LogP contribution in [0.3, 0.4) is 0 Å². The molecular formula is C17H17Cl2N7. The molecule has 0 aliphatic heterocycles. The molecular weight excluding hydrogens is 373 g/mol. The van der Waals surface area contributed by atoms with Crippen LogP contribution in [0.5, 0.6) is 0 Å². The molecule has 0 atom stereocenters. The van der Waals surface area contributed by atoms with Gasteiger partial charge in [0, 0.05) is 22.9 Å². The largest absolute Gasteiger partial charge is 0.384 e. The van der Waals surface area contributed by atoms with E-state index in [1.807, 2.05) is 12.1 Å². The van der Waals surface area contributed by atoms with E-state index >= 15 is 0 Å². The minimum atomic E-state index is -0.0769. The van der Waals surface area contributed by atoms with Crippen molar-refractivity contribution in [3.63, 3.8) is 0 Å². The normalized spacial score (nSPS) is 9.54. The third-order valence-corrected chi connectivity index (χ3v) is 3.46. The number of nitrogens with zero attached hydrogens (tertiary/aromatic N) is 3. The molecule has 3 aromatic rings. The number of nitrogen functional groups attached to an aromatic ring is 2. The Labute approximate surface area is 162 Å². The molecule has 0 spiro atoms. The van der Waals surface area contributed by atoms with Crippen LogP contribution in [-0.2, 0) is 0 Å². The van der Waals surface area contributed by atoms with Crippen LogP contribution in [0.15, 0.2) is 55.0 Å². The second-order valence-corrected chi connectivity index (χ2v) is 5.13. The van der Waals surface area contributed by atoms with Gasteiger partial charge in [0.2, 0.25) is 0 Å². The van der Waals surface area contributed by atoms with Gasteiger partial charge in [-0.3, -0.25) is 20.8 Å². The molecule has 26 heavy (non-hydrogen) atoms. The van der Waals surface area contributed by atoms with Crippen molar-refractivity contribution in [3.8, 4) is 22.5 Å². The highest BCUT2D eigenvalue weighted by Gasteiger charge is 2.06. The number of amidine groups is 2. The van der Waals surface area contributed by atoms with Crippen molar-refractivity contribution in [2.75, 3.05) is 0 Å². The Morgan fingerprint density at radius 3 is 1.81 bits per heavy atom. The molecule has 2 heterocycles. The Hall–Kier alpha value is -3.03. The molecule has 0 radical (unpaired) electrons. The summed E-state index contributed by atoms with van der Waals surface area (Å²) in [5, 5.41) is 14.8. The quantitative estimate of drug-likeness (QED) is 0.401. The van der Waals surface area contributed by atoms with E-state index in [2.05, 4.69) is 15.0 Å². The van der Waals surface area contributed by atoms with Gasteiger partial charge in [-0.25, -0.2) is 4.98 Å². The van der Waals surface area contributed by atoms with Crippen molar-refractivity contribution in [2.45, 2.75) is 0 Å². The zero-order valence-electron chi connectivity index (χ0n) is 13.5. The molecule has 0 unspecified atom stereocenters. The van der Waals surface area contributed by atoms with Gasteiger partial charge in [0.15, 0.2) is 0 Å². The third-order valence-electron chi connectivity index (χ3n) is 3.46. The van der Waals surface area contributed by atoms with Crippen molar-refractivity contribution in [1.82, 2.24) is 15.0 Å². The van der Waals surface area contributed by atoms with Crippen LogP contribution in [0, 0.1) is 10.8 Å². The molecule has 7 nitrogen and oxygen atoms in total. The minimum Gasteiger partial charge on any atom is -0.384 e. The number of benzene rings is 1. The summed E-state index contributed by atoms with van der Waals surface area (Å²) in [4.78, 5) is 13.0. The molecule has 0 bridgehead atoms. The minimum absolute atomic E-state index is 0. The number of nitrogens with one attached hydrogen (secondary N) is 2. The summed E-state index contributed by atoms with van der Waals surface area (Å²) in [6, 6.07) is 10.7. The number of hydrogen-bond donors (Lipinski definition) is 4. The van der Waals surface area contributed by atoms with Crippen LogP contribution in [0.2, 0.25) is 0 Å². The maximum Gasteiger partial charge on any atom is 0.141 e. The van der Waals surface area contributed by atoms with Crippen molar-refractivity contribution < 1.29 is 0 Å². The lowest BCUT2D eigenvalue weighted by Crippen LogP contribution is -2.12. The van der Waals surface area contributed by atoms with Crippen LogP contribution in [0.25, 0.3) is 22.5 Å². The summed E-state index contributed by atoms with van der Waals surface area (Å²) in [5.74, 6) is -0.0510. The molecule has 1 aromatic carbocycles. The summed E-state index contributed by atoms with van der Waals surface area (Å²) in [6.07, 6.45) is 4.94. The van der Waals surface area contributed by atoms with E-state index in [4.69, 9.17) is 22.3 Å². The summed E-state index contributed by atoms with van der Waals surface area (Å²) in [6.45, 7) is 0. The van der Waals surface area contributed by atoms with Gasteiger partial charge in [0.1, 0.15) is 17.4 Å². The SMILES string of the molecule is Cl.Cl.N=C(N)c1ccc(-c2cncc(-c3ccc(C(=N)N)nc3)n2)cc1. The van der Waals surface area contributed by atoms with E-state index in [0.29, 0.717) is 22.6 Å². The van der Waals surface area contributed by atoms with E-state index < -0.39 is 0 Å². The number of nitrogens with two attached hydrogens (primary N) is 2. The molecule has 3 rings (SSSR count).